The van der Waals surface area contributed by atoms with E-state index in [0.29, 0.717) is 12.4 Å². The van der Waals surface area contributed by atoms with Crippen molar-refractivity contribution in [3.05, 3.63) is 34.4 Å². The lowest BCUT2D eigenvalue weighted by Crippen LogP contribution is -2.44. The minimum atomic E-state index is -2.33. The topological polar surface area (TPSA) is 61.6 Å². The molecule has 0 aliphatic heterocycles. The third-order valence-electron chi connectivity index (χ3n) is 4.02. The fourth-order valence-corrected chi connectivity index (χ4v) is 4.80. The molecule has 0 atom stereocenters. The molecule has 0 N–H and O–H groups in total. The number of hydrogen-bond donors (Lipinski definition) is 0. The van der Waals surface area contributed by atoms with Gasteiger partial charge in [0.25, 0.3) is 5.69 Å². The molecule has 130 valence electrons. The number of non-ortho nitro benzene ring substituents is 1. The quantitative estimate of drug-likeness (QED) is 0.220. The van der Waals surface area contributed by atoms with Crippen LogP contribution >= 0.6 is 0 Å². The van der Waals surface area contributed by atoms with Crippen molar-refractivity contribution in [2.45, 2.75) is 65.0 Å². The van der Waals surface area contributed by atoms with E-state index in [9.17, 15) is 10.1 Å². The minimum Gasteiger partial charge on any atom is -0.520 e. The summed E-state index contributed by atoms with van der Waals surface area (Å²) in [5, 5.41) is 10.9. The molecule has 0 bridgehead atoms. The molecule has 0 heterocycles. The molecule has 5 nitrogen and oxygen atoms in total. The van der Waals surface area contributed by atoms with E-state index < -0.39 is 13.5 Å². The van der Waals surface area contributed by atoms with Crippen molar-refractivity contribution < 1.29 is 13.8 Å². The molecule has 0 unspecified atom stereocenters. The van der Waals surface area contributed by atoms with Crippen molar-refractivity contribution >= 4 is 14.2 Å². The lowest BCUT2D eigenvalue weighted by atomic mass is 10.2. The van der Waals surface area contributed by atoms with Crippen LogP contribution in [0.4, 0.5) is 5.69 Å². The predicted octanol–water partition coefficient (Wildman–Crippen LogP) is 5.44. The molecule has 0 radical (unpaired) electrons. The first-order valence-electron chi connectivity index (χ1n) is 8.64. The van der Waals surface area contributed by atoms with E-state index in [4.69, 9.17) is 8.85 Å². The van der Waals surface area contributed by atoms with Gasteiger partial charge >= 0.3 is 8.56 Å². The van der Waals surface area contributed by atoms with Gasteiger partial charge < -0.3 is 8.85 Å². The molecule has 0 aromatic heterocycles. The van der Waals surface area contributed by atoms with Crippen LogP contribution in [-0.4, -0.2) is 20.1 Å². The molecule has 1 aromatic carbocycles. The average molecular weight is 340 g/mol. The highest BCUT2D eigenvalue weighted by atomic mass is 28.4. The zero-order chi connectivity index (χ0) is 17.1. The van der Waals surface area contributed by atoms with Gasteiger partial charge in [-0.25, -0.2) is 0 Å². The van der Waals surface area contributed by atoms with Crippen molar-refractivity contribution in [1.29, 1.82) is 0 Å². The second kappa shape index (κ2) is 10.4. The number of rotatable bonds is 12. The smallest absolute Gasteiger partial charge is 0.398 e. The van der Waals surface area contributed by atoms with E-state index in [-0.39, 0.29) is 5.69 Å². The molecule has 0 fully saturated rings. The Morgan fingerprint density at radius 3 is 2.39 bits per heavy atom. The highest BCUT2D eigenvalue weighted by Crippen LogP contribution is 2.26. The number of benzene rings is 1. The first-order valence-corrected chi connectivity index (χ1v) is 10.9. The number of nitro benzene ring substituents is 1. The van der Waals surface area contributed by atoms with Crippen LogP contribution in [0.2, 0.25) is 12.1 Å². The molecule has 0 aliphatic carbocycles. The number of nitrogens with zero attached hydrogens (tertiary/aromatic N) is 1. The van der Waals surface area contributed by atoms with E-state index in [2.05, 4.69) is 20.8 Å². The van der Waals surface area contributed by atoms with Gasteiger partial charge in [-0.15, -0.1) is 0 Å². The van der Waals surface area contributed by atoms with Crippen LogP contribution in [0.3, 0.4) is 0 Å². The van der Waals surface area contributed by atoms with Crippen LogP contribution in [0.25, 0.3) is 0 Å². The molecular formula is C17H29NO4Si. The summed E-state index contributed by atoms with van der Waals surface area (Å²) < 4.78 is 12.3. The Hall–Kier alpha value is -1.40. The van der Waals surface area contributed by atoms with Crippen LogP contribution in [-0.2, 0) is 4.43 Å². The Bertz CT molecular complexity index is 477. The zero-order valence-electron chi connectivity index (χ0n) is 14.5. The first kappa shape index (κ1) is 19.6. The standard InChI is InChI=1S/C17H29NO4Si/c1-4-7-8-9-10-14-21-23(5-2,6-3)22-17-13-11-12-16(15-17)18(19)20/h11-13,15H,4-10,14H2,1-3H3. The summed E-state index contributed by atoms with van der Waals surface area (Å²) in [6, 6.07) is 8.05. The Morgan fingerprint density at radius 1 is 1.09 bits per heavy atom. The van der Waals surface area contributed by atoms with Gasteiger partial charge in [0.1, 0.15) is 5.75 Å². The van der Waals surface area contributed by atoms with Gasteiger partial charge in [-0.05, 0) is 24.6 Å². The van der Waals surface area contributed by atoms with Crippen LogP contribution in [0.15, 0.2) is 24.3 Å². The van der Waals surface area contributed by atoms with Crippen LogP contribution in [0.1, 0.15) is 52.9 Å². The van der Waals surface area contributed by atoms with Crippen LogP contribution in [0.5, 0.6) is 5.75 Å². The highest BCUT2D eigenvalue weighted by molar-refractivity contribution is 6.68. The molecule has 0 spiro atoms. The van der Waals surface area contributed by atoms with Gasteiger partial charge in [0.2, 0.25) is 0 Å². The third-order valence-corrected chi connectivity index (χ3v) is 7.52. The van der Waals surface area contributed by atoms with Crippen molar-refractivity contribution in [1.82, 2.24) is 0 Å². The summed E-state index contributed by atoms with van der Waals surface area (Å²) in [6.45, 7) is 7.07. The van der Waals surface area contributed by atoms with Crippen molar-refractivity contribution in [3.8, 4) is 5.75 Å². The van der Waals surface area contributed by atoms with Crippen LogP contribution < -0.4 is 4.43 Å². The normalized spacial score (nSPS) is 11.4. The minimum absolute atomic E-state index is 0.0529. The maximum absolute atomic E-state index is 10.9. The fraction of sp³-hybridized carbons (Fsp3) is 0.647. The summed E-state index contributed by atoms with van der Waals surface area (Å²) in [4.78, 5) is 10.5. The van der Waals surface area contributed by atoms with Gasteiger partial charge in [-0.3, -0.25) is 10.1 Å². The molecular weight excluding hydrogens is 310 g/mol. The first-order chi connectivity index (χ1) is 11.1. The maximum Gasteiger partial charge on any atom is 0.398 e. The molecule has 0 aliphatic rings. The molecule has 0 saturated carbocycles. The number of unbranched alkanes of at least 4 members (excludes halogenated alkanes) is 4. The lowest BCUT2D eigenvalue weighted by Gasteiger charge is -2.29. The zero-order valence-corrected chi connectivity index (χ0v) is 15.5. The third kappa shape index (κ3) is 6.70. The van der Waals surface area contributed by atoms with Gasteiger partial charge in [0, 0.05) is 12.7 Å². The van der Waals surface area contributed by atoms with E-state index >= 15 is 0 Å². The second-order valence-corrected chi connectivity index (χ2v) is 9.47. The molecule has 0 saturated heterocycles. The maximum atomic E-state index is 10.9. The summed E-state index contributed by atoms with van der Waals surface area (Å²) >= 11 is 0. The Morgan fingerprint density at radius 2 is 1.78 bits per heavy atom. The van der Waals surface area contributed by atoms with E-state index in [1.165, 1.54) is 37.8 Å². The highest BCUT2D eigenvalue weighted by Gasteiger charge is 2.36. The van der Waals surface area contributed by atoms with E-state index in [1.807, 2.05) is 0 Å². The molecule has 1 rings (SSSR count). The Kier molecular flexibility index (Phi) is 8.87. The average Bonchev–Trinajstić information content (AvgIpc) is 2.57. The van der Waals surface area contributed by atoms with Crippen molar-refractivity contribution in [3.63, 3.8) is 0 Å². The van der Waals surface area contributed by atoms with Gasteiger partial charge in [-0.2, -0.15) is 0 Å². The Labute approximate surface area is 140 Å². The number of hydrogen-bond acceptors (Lipinski definition) is 4. The van der Waals surface area contributed by atoms with Gasteiger partial charge in [-0.1, -0.05) is 52.5 Å². The van der Waals surface area contributed by atoms with E-state index in [1.54, 1.807) is 12.1 Å². The summed E-state index contributed by atoms with van der Waals surface area (Å²) in [6.07, 6.45) is 5.99. The molecule has 0 amide bonds. The fourth-order valence-electron chi connectivity index (χ4n) is 2.47. The molecule has 6 heteroatoms. The second-order valence-electron chi connectivity index (χ2n) is 5.74. The number of nitro groups is 1. The van der Waals surface area contributed by atoms with Crippen molar-refractivity contribution in [2.24, 2.45) is 0 Å². The summed E-state index contributed by atoms with van der Waals surface area (Å²) in [7, 11) is -2.33. The SMILES string of the molecule is CCCCCCCO[Si](CC)(CC)Oc1cccc([N+](=O)[O-])c1. The summed E-state index contributed by atoms with van der Waals surface area (Å²) in [5.41, 5.74) is 0.0529. The van der Waals surface area contributed by atoms with Gasteiger partial charge in [0.15, 0.2) is 0 Å². The monoisotopic (exact) mass is 339 g/mol. The molecule has 1 aromatic rings. The molecule has 23 heavy (non-hydrogen) atoms. The van der Waals surface area contributed by atoms with E-state index in [0.717, 1.165) is 18.5 Å². The van der Waals surface area contributed by atoms with Crippen molar-refractivity contribution in [2.75, 3.05) is 6.61 Å². The van der Waals surface area contributed by atoms with Crippen LogP contribution in [0, 0.1) is 10.1 Å². The van der Waals surface area contributed by atoms with Gasteiger partial charge in [0.05, 0.1) is 11.0 Å². The largest absolute Gasteiger partial charge is 0.520 e. The lowest BCUT2D eigenvalue weighted by molar-refractivity contribution is -0.384. The Balaban J connectivity index is 2.62. The predicted molar refractivity (Wildman–Crippen MR) is 95.2 cm³/mol. The summed E-state index contributed by atoms with van der Waals surface area (Å²) in [5.74, 6) is 0.542.